The maximum absolute atomic E-state index is 10.6. The average Bonchev–Trinajstić information content (AvgIpc) is 2.84. The van der Waals surface area contributed by atoms with Crippen molar-refractivity contribution in [2.24, 2.45) is 11.3 Å². The molecule has 0 aromatic carbocycles. The molecule has 1 atom stereocenters. The standard InChI is InChI=1S/C12H22O2S/c1-3-4-10(2)8-15-9-12(5-6-12)7-11(13)14/h10H,3-9H2,1-2H3,(H,13,14). The Hall–Kier alpha value is -0.180. The Bertz CT molecular complexity index is 212. The number of aliphatic carboxylic acids is 1. The van der Waals surface area contributed by atoms with Crippen LogP contribution >= 0.6 is 11.8 Å². The molecule has 1 aliphatic rings. The molecule has 0 radical (unpaired) electrons. The van der Waals surface area contributed by atoms with Gasteiger partial charge < -0.3 is 5.11 Å². The first-order valence-corrected chi connectivity index (χ1v) is 7.03. The van der Waals surface area contributed by atoms with Gasteiger partial charge >= 0.3 is 5.97 Å². The lowest BCUT2D eigenvalue weighted by Crippen LogP contribution is -2.12. The second-order valence-electron chi connectivity index (χ2n) is 4.98. The summed E-state index contributed by atoms with van der Waals surface area (Å²) in [7, 11) is 0. The van der Waals surface area contributed by atoms with Crippen molar-refractivity contribution in [1.82, 2.24) is 0 Å². The first-order chi connectivity index (χ1) is 7.08. The van der Waals surface area contributed by atoms with Gasteiger partial charge in [0.25, 0.3) is 0 Å². The molecule has 0 aromatic heterocycles. The third-order valence-corrected chi connectivity index (χ3v) is 4.70. The highest BCUT2D eigenvalue weighted by Gasteiger charge is 2.43. The maximum Gasteiger partial charge on any atom is 0.303 e. The van der Waals surface area contributed by atoms with Gasteiger partial charge in [0, 0.05) is 0 Å². The third-order valence-electron chi connectivity index (χ3n) is 3.08. The van der Waals surface area contributed by atoms with Crippen LogP contribution < -0.4 is 0 Å². The molecule has 88 valence electrons. The van der Waals surface area contributed by atoms with E-state index in [0.29, 0.717) is 6.42 Å². The van der Waals surface area contributed by atoms with Crippen molar-refractivity contribution >= 4 is 17.7 Å². The Kier molecular flexibility index (Phi) is 4.97. The number of hydrogen-bond donors (Lipinski definition) is 1. The largest absolute Gasteiger partial charge is 0.481 e. The van der Waals surface area contributed by atoms with Crippen LogP contribution in [-0.4, -0.2) is 22.6 Å². The van der Waals surface area contributed by atoms with Crippen LogP contribution in [0.4, 0.5) is 0 Å². The summed E-state index contributed by atoms with van der Waals surface area (Å²) in [5.74, 6) is 2.39. The van der Waals surface area contributed by atoms with Crippen molar-refractivity contribution in [2.75, 3.05) is 11.5 Å². The molecule has 3 heteroatoms. The summed E-state index contributed by atoms with van der Waals surface area (Å²) in [5, 5.41) is 8.77. The molecule has 1 fully saturated rings. The Labute approximate surface area is 96.8 Å². The quantitative estimate of drug-likeness (QED) is 0.694. The van der Waals surface area contributed by atoms with E-state index in [1.165, 1.54) is 18.6 Å². The lowest BCUT2D eigenvalue weighted by Gasteiger charge is -2.14. The van der Waals surface area contributed by atoms with Gasteiger partial charge in [-0.2, -0.15) is 11.8 Å². The topological polar surface area (TPSA) is 37.3 Å². The van der Waals surface area contributed by atoms with E-state index in [-0.39, 0.29) is 5.41 Å². The number of rotatable bonds is 8. The summed E-state index contributed by atoms with van der Waals surface area (Å²) in [5.41, 5.74) is 0.169. The van der Waals surface area contributed by atoms with E-state index in [9.17, 15) is 4.79 Å². The van der Waals surface area contributed by atoms with Crippen molar-refractivity contribution in [2.45, 2.75) is 46.0 Å². The fraction of sp³-hybridized carbons (Fsp3) is 0.917. The Morgan fingerprint density at radius 3 is 2.67 bits per heavy atom. The lowest BCUT2D eigenvalue weighted by molar-refractivity contribution is -0.138. The summed E-state index contributed by atoms with van der Waals surface area (Å²) >= 11 is 1.95. The molecular weight excluding hydrogens is 208 g/mol. The van der Waals surface area contributed by atoms with Crippen LogP contribution in [0.5, 0.6) is 0 Å². The second kappa shape index (κ2) is 5.78. The van der Waals surface area contributed by atoms with Gasteiger partial charge in [-0.3, -0.25) is 4.79 Å². The smallest absolute Gasteiger partial charge is 0.303 e. The van der Waals surface area contributed by atoms with Gasteiger partial charge in [0.2, 0.25) is 0 Å². The summed E-state index contributed by atoms with van der Waals surface area (Å²) in [4.78, 5) is 10.6. The molecule has 1 N–H and O–H groups in total. The average molecular weight is 230 g/mol. The molecule has 2 nitrogen and oxygen atoms in total. The molecule has 15 heavy (non-hydrogen) atoms. The molecule has 1 unspecified atom stereocenters. The van der Waals surface area contributed by atoms with Gasteiger partial charge in [0.1, 0.15) is 0 Å². The molecule has 0 saturated heterocycles. The lowest BCUT2D eigenvalue weighted by atomic mass is 10.1. The maximum atomic E-state index is 10.6. The van der Waals surface area contributed by atoms with Crippen molar-refractivity contribution < 1.29 is 9.90 Å². The number of thioether (sulfide) groups is 1. The summed E-state index contributed by atoms with van der Waals surface area (Å²) in [6.07, 6.45) is 5.16. The molecule has 1 rings (SSSR count). The van der Waals surface area contributed by atoms with Crippen LogP contribution in [0.25, 0.3) is 0 Å². The predicted molar refractivity (Wildman–Crippen MR) is 65.3 cm³/mol. The fourth-order valence-electron chi connectivity index (χ4n) is 1.92. The highest BCUT2D eigenvalue weighted by Crippen LogP contribution is 2.51. The minimum atomic E-state index is -0.630. The zero-order valence-electron chi connectivity index (χ0n) is 9.79. The van der Waals surface area contributed by atoms with Crippen molar-refractivity contribution in [3.63, 3.8) is 0 Å². The molecular formula is C12H22O2S. The van der Waals surface area contributed by atoms with Gasteiger partial charge in [-0.25, -0.2) is 0 Å². The van der Waals surface area contributed by atoms with Gasteiger partial charge in [-0.05, 0) is 35.7 Å². The zero-order valence-corrected chi connectivity index (χ0v) is 10.6. The Morgan fingerprint density at radius 1 is 1.53 bits per heavy atom. The molecule has 0 aromatic rings. The van der Waals surface area contributed by atoms with Crippen LogP contribution in [-0.2, 0) is 4.79 Å². The molecule has 1 aliphatic carbocycles. The monoisotopic (exact) mass is 230 g/mol. The zero-order chi connectivity index (χ0) is 11.3. The SMILES string of the molecule is CCCC(C)CSCC1(CC(=O)O)CC1. The van der Waals surface area contributed by atoms with Crippen LogP contribution in [0.15, 0.2) is 0 Å². The second-order valence-corrected chi connectivity index (χ2v) is 6.01. The Balaban J connectivity index is 2.12. The van der Waals surface area contributed by atoms with E-state index in [0.717, 1.165) is 24.5 Å². The van der Waals surface area contributed by atoms with E-state index >= 15 is 0 Å². The minimum Gasteiger partial charge on any atom is -0.481 e. The molecule has 0 heterocycles. The number of carboxylic acids is 1. The minimum absolute atomic E-state index is 0.169. The van der Waals surface area contributed by atoms with E-state index < -0.39 is 5.97 Å². The van der Waals surface area contributed by atoms with Crippen LogP contribution in [0.3, 0.4) is 0 Å². The van der Waals surface area contributed by atoms with Crippen molar-refractivity contribution in [3.8, 4) is 0 Å². The van der Waals surface area contributed by atoms with E-state index in [1.807, 2.05) is 11.8 Å². The highest BCUT2D eigenvalue weighted by atomic mass is 32.2. The van der Waals surface area contributed by atoms with Gasteiger partial charge in [0.15, 0.2) is 0 Å². The summed E-state index contributed by atoms with van der Waals surface area (Å²) < 4.78 is 0. The van der Waals surface area contributed by atoms with Crippen molar-refractivity contribution in [3.05, 3.63) is 0 Å². The summed E-state index contributed by atoms with van der Waals surface area (Å²) in [6, 6.07) is 0. The normalized spacial score (nSPS) is 19.9. The molecule has 0 bridgehead atoms. The molecule has 0 amide bonds. The highest BCUT2D eigenvalue weighted by molar-refractivity contribution is 7.99. The third kappa shape index (κ3) is 4.92. The number of hydrogen-bond acceptors (Lipinski definition) is 2. The van der Waals surface area contributed by atoms with Crippen LogP contribution in [0, 0.1) is 11.3 Å². The van der Waals surface area contributed by atoms with Crippen LogP contribution in [0.2, 0.25) is 0 Å². The first kappa shape index (κ1) is 12.9. The summed E-state index contributed by atoms with van der Waals surface area (Å²) in [6.45, 7) is 4.50. The number of carbonyl (C=O) groups is 1. The van der Waals surface area contributed by atoms with E-state index in [1.54, 1.807) is 0 Å². The fourth-order valence-corrected chi connectivity index (χ4v) is 3.43. The van der Waals surface area contributed by atoms with Gasteiger partial charge in [-0.15, -0.1) is 0 Å². The predicted octanol–water partition coefficient (Wildman–Crippen LogP) is 3.41. The van der Waals surface area contributed by atoms with Crippen molar-refractivity contribution in [1.29, 1.82) is 0 Å². The van der Waals surface area contributed by atoms with Crippen LogP contribution in [0.1, 0.15) is 46.0 Å². The van der Waals surface area contributed by atoms with Gasteiger partial charge in [0.05, 0.1) is 6.42 Å². The van der Waals surface area contributed by atoms with E-state index in [4.69, 9.17) is 5.11 Å². The molecule has 0 spiro atoms. The Morgan fingerprint density at radius 2 is 2.20 bits per heavy atom. The molecule has 0 aliphatic heterocycles. The number of carboxylic acid groups (broad SMARTS) is 1. The first-order valence-electron chi connectivity index (χ1n) is 5.87. The molecule has 1 saturated carbocycles. The van der Waals surface area contributed by atoms with E-state index in [2.05, 4.69) is 13.8 Å². The van der Waals surface area contributed by atoms with Gasteiger partial charge in [-0.1, -0.05) is 26.7 Å².